The summed E-state index contributed by atoms with van der Waals surface area (Å²) >= 11 is 0. The van der Waals surface area contributed by atoms with Crippen molar-refractivity contribution in [3.05, 3.63) is 59.7 Å². The zero-order valence-corrected chi connectivity index (χ0v) is 15.0. The summed E-state index contributed by atoms with van der Waals surface area (Å²) in [5.41, 5.74) is 3.38. The predicted molar refractivity (Wildman–Crippen MR) is 95.2 cm³/mol. The molecule has 5 heteroatoms. The van der Waals surface area contributed by atoms with E-state index in [0.29, 0.717) is 11.4 Å². The van der Waals surface area contributed by atoms with Crippen molar-refractivity contribution in [3.8, 4) is 0 Å². The average molecular weight is 332 g/mol. The summed E-state index contributed by atoms with van der Waals surface area (Å²) in [4.78, 5) is 2.58. The highest BCUT2D eigenvalue weighted by Gasteiger charge is 2.17. The summed E-state index contributed by atoms with van der Waals surface area (Å²) in [5, 5.41) is 0. The van der Waals surface area contributed by atoms with Crippen LogP contribution in [0.4, 0.5) is 5.69 Å². The first-order valence-electron chi connectivity index (χ1n) is 7.68. The number of hydrogen-bond donors (Lipinski definition) is 0. The van der Waals surface area contributed by atoms with Gasteiger partial charge >= 0.3 is 0 Å². The fraction of sp³-hybridized carbons (Fsp3) is 0.333. The van der Waals surface area contributed by atoms with Crippen molar-refractivity contribution >= 4 is 15.7 Å². The van der Waals surface area contributed by atoms with Crippen LogP contribution in [0, 0.1) is 6.92 Å². The van der Waals surface area contributed by atoms with E-state index >= 15 is 0 Å². The Labute approximate surface area is 139 Å². The van der Waals surface area contributed by atoms with E-state index in [0.717, 1.165) is 12.1 Å². The molecule has 2 aromatic carbocycles. The maximum atomic E-state index is 12.3. The zero-order chi connectivity index (χ0) is 17.0. The molecule has 0 saturated heterocycles. The lowest BCUT2D eigenvalue weighted by molar-refractivity contribution is 0.520. The van der Waals surface area contributed by atoms with Gasteiger partial charge in [0.15, 0.2) is 0 Å². The second-order valence-electron chi connectivity index (χ2n) is 5.74. The molecular formula is C18H24N2O2S. The van der Waals surface area contributed by atoms with Crippen LogP contribution < -0.4 is 4.90 Å². The third kappa shape index (κ3) is 3.92. The Balaban J connectivity index is 2.31. The van der Waals surface area contributed by atoms with Crippen LogP contribution in [-0.4, -0.2) is 33.4 Å². The molecule has 0 amide bonds. The van der Waals surface area contributed by atoms with Crippen molar-refractivity contribution in [1.29, 1.82) is 0 Å². The molecule has 124 valence electrons. The van der Waals surface area contributed by atoms with Crippen LogP contribution >= 0.6 is 0 Å². The number of para-hydroxylation sites is 1. The fourth-order valence-corrected chi connectivity index (χ4v) is 3.49. The van der Waals surface area contributed by atoms with E-state index in [-0.39, 0.29) is 0 Å². The third-order valence-electron chi connectivity index (χ3n) is 3.89. The molecule has 0 aliphatic heterocycles. The highest BCUT2D eigenvalue weighted by Crippen LogP contribution is 2.22. The molecule has 0 N–H and O–H groups in total. The maximum absolute atomic E-state index is 12.3. The summed E-state index contributed by atoms with van der Waals surface area (Å²) in [5.74, 6) is 0. The average Bonchev–Trinajstić information content (AvgIpc) is 2.53. The Morgan fingerprint density at radius 2 is 1.70 bits per heavy atom. The minimum atomic E-state index is -3.40. The van der Waals surface area contributed by atoms with Gasteiger partial charge in [-0.3, -0.25) is 0 Å². The first-order valence-corrected chi connectivity index (χ1v) is 9.12. The standard InChI is InChI=1S/C18H24N2O2S/c1-5-20(18-12-7-6-9-15(18)2)14-16-10-8-11-17(13-16)23(21,22)19(3)4/h6-13H,5,14H2,1-4H3. The number of aryl methyl sites for hydroxylation is 1. The van der Waals surface area contributed by atoms with E-state index < -0.39 is 10.0 Å². The molecule has 0 aliphatic carbocycles. The van der Waals surface area contributed by atoms with E-state index in [1.165, 1.54) is 15.6 Å². The number of benzene rings is 2. The van der Waals surface area contributed by atoms with Crippen LogP contribution in [0.1, 0.15) is 18.1 Å². The fourth-order valence-electron chi connectivity index (χ4n) is 2.52. The molecular weight excluding hydrogens is 308 g/mol. The van der Waals surface area contributed by atoms with Crippen molar-refractivity contribution in [1.82, 2.24) is 4.31 Å². The maximum Gasteiger partial charge on any atom is 0.242 e. The van der Waals surface area contributed by atoms with Gasteiger partial charge < -0.3 is 4.90 Å². The Morgan fingerprint density at radius 3 is 2.30 bits per heavy atom. The lowest BCUT2D eigenvalue weighted by Gasteiger charge is -2.25. The Hall–Kier alpha value is -1.85. The van der Waals surface area contributed by atoms with Crippen LogP contribution in [0.25, 0.3) is 0 Å². The van der Waals surface area contributed by atoms with Gasteiger partial charge in [-0.25, -0.2) is 12.7 Å². The first kappa shape index (κ1) is 17.5. The van der Waals surface area contributed by atoms with E-state index in [4.69, 9.17) is 0 Å². The number of rotatable bonds is 6. The van der Waals surface area contributed by atoms with Crippen molar-refractivity contribution in [3.63, 3.8) is 0 Å². The quantitative estimate of drug-likeness (QED) is 0.815. The smallest absolute Gasteiger partial charge is 0.242 e. The minimum absolute atomic E-state index is 0.334. The third-order valence-corrected chi connectivity index (χ3v) is 5.70. The van der Waals surface area contributed by atoms with Gasteiger partial charge in [0, 0.05) is 32.9 Å². The molecule has 0 aliphatic rings. The molecule has 0 saturated carbocycles. The molecule has 2 rings (SSSR count). The summed E-state index contributed by atoms with van der Waals surface area (Å²) in [6, 6.07) is 15.4. The second kappa shape index (κ2) is 7.15. The molecule has 0 spiro atoms. The van der Waals surface area contributed by atoms with Gasteiger partial charge in [-0.1, -0.05) is 30.3 Å². The largest absolute Gasteiger partial charge is 0.367 e. The molecule has 2 aromatic rings. The van der Waals surface area contributed by atoms with E-state index in [1.807, 2.05) is 18.2 Å². The van der Waals surface area contributed by atoms with Gasteiger partial charge in [0.2, 0.25) is 10.0 Å². The lowest BCUT2D eigenvalue weighted by atomic mass is 10.1. The van der Waals surface area contributed by atoms with Gasteiger partial charge in [0.25, 0.3) is 0 Å². The number of sulfonamides is 1. The first-order chi connectivity index (χ1) is 10.9. The Kier molecular flexibility index (Phi) is 5.44. The van der Waals surface area contributed by atoms with Crippen LogP contribution in [0.15, 0.2) is 53.4 Å². The summed E-state index contributed by atoms with van der Waals surface area (Å²) in [7, 11) is -0.301. The van der Waals surface area contributed by atoms with Gasteiger partial charge in [0.1, 0.15) is 0 Å². The van der Waals surface area contributed by atoms with Gasteiger partial charge in [-0.15, -0.1) is 0 Å². The van der Waals surface area contributed by atoms with Crippen molar-refractivity contribution in [2.45, 2.75) is 25.3 Å². The molecule has 0 unspecified atom stereocenters. The topological polar surface area (TPSA) is 40.6 Å². The van der Waals surface area contributed by atoms with Crippen molar-refractivity contribution in [2.75, 3.05) is 25.5 Å². The highest BCUT2D eigenvalue weighted by molar-refractivity contribution is 7.89. The van der Waals surface area contributed by atoms with E-state index in [1.54, 1.807) is 32.3 Å². The minimum Gasteiger partial charge on any atom is -0.367 e. The second-order valence-corrected chi connectivity index (χ2v) is 7.89. The predicted octanol–water partition coefficient (Wildman–Crippen LogP) is 3.27. The normalized spacial score (nSPS) is 11.7. The highest BCUT2D eigenvalue weighted by atomic mass is 32.2. The Morgan fingerprint density at radius 1 is 1.00 bits per heavy atom. The van der Waals surface area contributed by atoms with Crippen molar-refractivity contribution in [2.24, 2.45) is 0 Å². The molecule has 0 heterocycles. The molecule has 4 nitrogen and oxygen atoms in total. The van der Waals surface area contributed by atoms with Crippen LogP contribution in [-0.2, 0) is 16.6 Å². The van der Waals surface area contributed by atoms with Gasteiger partial charge in [0.05, 0.1) is 4.90 Å². The number of hydrogen-bond acceptors (Lipinski definition) is 3. The molecule has 0 aromatic heterocycles. The zero-order valence-electron chi connectivity index (χ0n) is 14.2. The van der Waals surface area contributed by atoms with Gasteiger partial charge in [-0.2, -0.15) is 0 Å². The van der Waals surface area contributed by atoms with E-state index in [2.05, 4.69) is 30.9 Å². The van der Waals surface area contributed by atoms with E-state index in [9.17, 15) is 8.42 Å². The summed E-state index contributed by atoms with van der Waals surface area (Å²) in [6.45, 7) is 5.73. The summed E-state index contributed by atoms with van der Waals surface area (Å²) < 4.78 is 25.8. The number of nitrogens with zero attached hydrogens (tertiary/aromatic N) is 2. The van der Waals surface area contributed by atoms with Crippen LogP contribution in [0.2, 0.25) is 0 Å². The monoisotopic (exact) mass is 332 g/mol. The Bertz CT molecular complexity index is 770. The van der Waals surface area contributed by atoms with Crippen molar-refractivity contribution < 1.29 is 8.42 Å². The lowest BCUT2D eigenvalue weighted by Crippen LogP contribution is -2.24. The molecule has 0 fully saturated rings. The molecule has 0 radical (unpaired) electrons. The summed E-state index contributed by atoms with van der Waals surface area (Å²) in [6.07, 6.45) is 0. The van der Waals surface area contributed by atoms with Gasteiger partial charge in [-0.05, 0) is 43.2 Å². The SMILES string of the molecule is CCN(Cc1cccc(S(=O)(=O)N(C)C)c1)c1ccccc1C. The molecule has 0 atom stereocenters. The van der Waals surface area contributed by atoms with Crippen LogP contribution in [0.5, 0.6) is 0 Å². The van der Waals surface area contributed by atoms with Crippen LogP contribution in [0.3, 0.4) is 0 Å². The molecule has 0 bridgehead atoms. The number of anilines is 1. The molecule has 23 heavy (non-hydrogen) atoms.